The zero-order valence-electron chi connectivity index (χ0n) is 9.19. The lowest BCUT2D eigenvalue weighted by atomic mass is 10.6. The first-order valence-corrected chi connectivity index (χ1v) is 6.22. The molecule has 0 saturated carbocycles. The molecule has 0 aliphatic heterocycles. The van der Waals surface area contributed by atoms with Crippen molar-refractivity contribution in [1.29, 1.82) is 0 Å². The third kappa shape index (κ3) is 53.7. The third-order valence-corrected chi connectivity index (χ3v) is 2.14. The summed E-state index contributed by atoms with van der Waals surface area (Å²) >= 11 is 15.3. The molecule has 0 aliphatic rings. The van der Waals surface area contributed by atoms with E-state index in [1.54, 1.807) is 13.8 Å². The van der Waals surface area contributed by atoms with Crippen molar-refractivity contribution in [2.45, 2.75) is 40.0 Å². The maximum atomic E-state index is 9.68. The van der Waals surface area contributed by atoms with Gasteiger partial charge in [0.1, 0.15) is 0 Å². The fourth-order valence-electron chi connectivity index (χ4n) is 0. The summed E-state index contributed by atoms with van der Waals surface area (Å²) in [5.41, 5.74) is 0. The smallest absolute Gasteiger partial charge is 0.185 e. The second kappa shape index (κ2) is 16.9. The molecule has 90 valence electrons. The van der Waals surface area contributed by atoms with Crippen molar-refractivity contribution in [1.82, 2.24) is 0 Å². The van der Waals surface area contributed by atoms with Crippen LogP contribution in [0.3, 0.4) is 0 Å². The van der Waals surface area contributed by atoms with Gasteiger partial charge in [-0.05, 0) is 6.42 Å². The number of rotatable bonds is 3. The molecule has 0 fully saturated rings. The molecule has 2 nitrogen and oxygen atoms in total. The minimum Gasteiger partial charge on any atom is -0.288 e. The van der Waals surface area contributed by atoms with Crippen LogP contribution in [0.4, 0.5) is 0 Å². The van der Waals surface area contributed by atoms with Crippen LogP contribution in [0.2, 0.25) is 0 Å². The lowest BCUT2D eigenvalue weighted by molar-refractivity contribution is -0.111. The van der Waals surface area contributed by atoms with Gasteiger partial charge in [-0.15, -0.1) is 37.9 Å². The lowest BCUT2D eigenvalue weighted by Crippen LogP contribution is -1.74. The first-order valence-electron chi connectivity index (χ1n) is 4.47. The number of thiocarbonyl (C=S) groups is 1. The van der Waals surface area contributed by atoms with E-state index in [1.807, 2.05) is 6.92 Å². The van der Waals surface area contributed by atoms with Crippen molar-refractivity contribution in [2.24, 2.45) is 0 Å². The Morgan fingerprint density at radius 1 is 0.867 bits per heavy atom. The molecule has 0 aromatic rings. The van der Waals surface area contributed by atoms with E-state index in [9.17, 15) is 9.59 Å². The van der Waals surface area contributed by atoms with Crippen LogP contribution in [0.15, 0.2) is 0 Å². The van der Waals surface area contributed by atoms with Crippen LogP contribution in [0, 0.1) is 0 Å². The van der Waals surface area contributed by atoms with E-state index in [0.717, 1.165) is 10.6 Å². The number of hydrogen-bond donors (Lipinski definition) is 3. The van der Waals surface area contributed by atoms with Crippen LogP contribution in [0.5, 0.6) is 0 Å². The van der Waals surface area contributed by atoms with Crippen molar-refractivity contribution in [3.63, 3.8) is 0 Å². The number of carbonyl (C=O) groups excluding carboxylic acids is 2. The van der Waals surface area contributed by atoms with E-state index in [2.05, 4.69) is 50.1 Å². The lowest BCUT2D eigenvalue weighted by Gasteiger charge is -1.75. The Labute approximate surface area is 114 Å². The second-order valence-electron chi connectivity index (χ2n) is 2.24. The highest BCUT2D eigenvalue weighted by molar-refractivity contribution is 8.11. The molecule has 0 amide bonds. The predicted octanol–water partition coefficient (Wildman–Crippen LogP) is 3.36. The van der Waals surface area contributed by atoms with Crippen LogP contribution in [-0.2, 0) is 9.59 Å². The molecule has 0 unspecified atom stereocenters. The highest BCUT2D eigenvalue weighted by Gasteiger charge is 1.78. The van der Waals surface area contributed by atoms with E-state index in [1.165, 1.54) is 0 Å². The average molecular weight is 287 g/mol. The monoisotopic (exact) mass is 286 g/mol. The molecule has 15 heavy (non-hydrogen) atoms. The number of hydrogen-bond acceptors (Lipinski definition) is 3. The van der Waals surface area contributed by atoms with E-state index in [0.29, 0.717) is 12.8 Å². The van der Waals surface area contributed by atoms with Crippen molar-refractivity contribution in [3.8, 4) is 0 Å². The summed E-state index contributed by atoms with van der Waals surface area (Å²) in [4.78, 5) is 19.4. The Balaban J connectivity index is -0.000000144. The number of thiol groups is 3. The molecule has 0 aromatic heterocycles. The summed E-state index contributed by atoms with van der Waals surface area (Å²) in [6.45, 7) is 5.53. The summed E-state index contributed by atoms with van der Waals surface area (Å²) in [6.07, 6.45) is 1.96. The highest BCUT2D eigenvalue weighted by Crippen LogP contribution is 1.86. The first kappa shape index (κ1) is 20.8. The molecule has 0 N–H and O–H groups in total. The van der Waals surface area contributed by atoms with Crippen molar-refractivity contribution in [3.05, 3.63) is 0 Å². The van der Waals surface area contributed by atoms with Crippen LogP contribution < -0.4 is 0 Å². The molecule has 0 radical (unpaired) electrons. The Hall–Kier alpha value is 0.480. The van der Waals surface area contributed by atoms with Crippen molar-refractivity contribution >= 4 is 64.5 Å². The largest absolute Gasteiger partial charge is 0.288 e. The molecule has 0 aromatic carbocycles. The van der Waals surface area contributed by atoms with Gasteiger partial charge in [0, 0.05) is 17.0 Å². The summed E-state index contributed by atoms with van der Waals surface area (Å²) in [5, 5.41) is -0.102. The van der Waals surface area contributed by atoms with E-state index in [-0.39, 0.29) is 10.2 Å². The van der Waals surface area contributed by atoms with Gasteiger partial charge in [0.05, 0.1) is 0 Å². The summed E-state index contributed by atoms with van der Waals surface area (Å²) in [5.74, 6) is 0. The van der Waals surface area contributed by atoms with Gasteiger partial charge < -0.3 is 0 Å². The predicted molar refractivity (Wildman–Crippen MR) is 80.4 cm³/mol. The van der Waals surface area contributed by atoms with Crippen LogP contribution in [0.1, 0.15) is 40.0 Å². The molecule has 6 heteroatoms. The standard InChI is InChI=1S/2C3H6OS.C3H6S2/c3*1-2-3(4)5/h3*2H2,1H3,(H,4,5). The fourth-order valence-corrected chi connectivity index (χ4v) is 0. The molecule has 0 saturated heterocycles. The van der Waals surface area contributed by atoms with Gasteiger partial charge in [-0.25, -0.2) is 0 Å². The fraction of sp³-hybridized carbons (Fsp3) is 0.667. The van der Waals surface area contributed by atoms with Gasteiger partial charge in [-0.2, -0.15) is 0 Å². The molecule has 0 rings (SSSR count). The first-order chi connectivity index (χ1) is 6.81. The molecule has 0 aliphatic carbocycles. The summed E-state index contributed by atoms with van der Waals surface area (Å²) in [7, 11) is 0. The molecule has 0 atom stereocenters. The second-order valence-corrected chi connectivity index (χ2v) is 4.57. The minimum absolute atomic E-state index is 0.0509. The SMILES string of the molecule is CCC(=O)S.CCC(=O)S.CCC(=S)S. The summed E-state index contributed by atoms with van der Waals surface area (Å²) in [6, 6.07) is 0. The maximum Gasteiger partial charge on any atom is 0.185 e. The van der Waals surface area contributed by atoms with Crippen molar-refractivity contribution in [2.75, 3.05) is 0 Å². The van der Waals surface area contributed by atoms with Gasteiger partial charge in [0.15, 0.2) is 10.2 Å². The van der Waals surface area contributed by atoms with Gasteiger partial charge in [-0.1, -0.05) is 33.0 Å². The van der Waals surface area contributed by atoms with Crippen LogP contribution >= 0.6 is 50.1 Å². The Bertz CT molecular complexity index is 159. The highest BCUT2D eigenvalue weighted by atomic mass is 32.1. The maximum absolute atomic E-state index is 9.68. The zero-order valence-corrected chi connectivity index (χ0v) is 12.7. The molecule has 0 bridgehead atoms. The normalized spacial score (nSPS) is 7.60. The number of carbonyl (C=O) groups is 2. The minimum atomic E-state index is -0.0509. The Morgan fingerprint density at radius 2 is 1.00 bits per heavy atom. The van der Waals surface area contributed by atoms with Gasteiger partial charge in [-0.3, -0.25) is 9.59 Å². The van der Waals surface area contributed by atoms with Gasteiger partial charge >= 0.3 is 0 Å². The quantitative estimate of drug-likeness (QED) is 0.550. The zero-order chi connectivity index (χ0) is 12.9. The Kier molecular flexibility index (Phi) is 23.5. The third-order valence-electron chi connectivity index (χ3n) is 0.907. The topological polar surface area (TPSA) is 34.1 Å². The van der Waals surface area contributed by atoms with Crippen LogP contribution in [0.25, 0.3) is 0 Å². The molecular weight excluding hydrogens is 268 g/mol. The van der Waals surface area contributed by atoms with E-state index >= 15 is 0 Å². The average Bonchev–Trinajstić information content (AvgIpc) is 2.19. The molecular formula is C9H18O2S4. The van der Waals surface area contributed by atoms with E-state index < -0.39 is 0 Å². The Morgan fingerprint density at radius 3 is 1.00 bits per heavy atom. The molecule has 0 spiro atoms. The van der Waals surface area contributed by atoms with E-state index in [4.69, 9.17) is 0 Å². The molecule has 0 heterocycles. The van der Waals surface area contributed by atoms with Gasteiger partial charge in [0.2, 0.25) is 0 Å². The summed E-state index contributed by atoms with van der Waals surface area (Å²) < 4.78 is 0.782. The van der Waals surface area contributed by atoms with Crippen LogP contribution in [-0.4, -0.2) is 14.4 Å². The van der Waals surface area contributed by atoms with Gasteiger partial charge in [0.25, 0.3) is 0 Å². The van der Waals surface area contributed by atoms with Crippen molar-refractivity contribution < 1.29 is 9.59 Å².